The van der Waals surface area contributed by atoms with Gasteiger partial charge >= 0.3 is 0 Å². The number of benzene rings is 1. The van der Waals surface area contributed by atoms with Crippen molar-refractivity contribution < 1.29 is 9.47 Å². The van der Waals surface area contributed by atoms with Crippen LogP contribution in [0.5, 0.6) is 11.5 Å². The van der Waals surface area contributed by atoms with Gasteiger partial charge < -0.3 is 14.5 Å². The van der Waals surface area contributed by atoms with Gasteiger partial charge in [-0.05, 0) is 44.1 Å². The fourth-order valence-electron chi connectivity index (χ4n) is 3.83. The van der Waals surface area contributed by atoms with Gasteiger partial charge in [0.25, 0.3) is 5.56 Å². The summed E-state index contributed by atoms with van der Waals surface area (Å²) in [6.07, 6.45) is 4.92. The van der Waals surface area contributed by atoms with Gasteiger partial charge in [0.2, 0.25) is 0 Å². The molecule has 1 aliphatic rings. The van der Waals surface area contributed by atoms with Gasteiger partial charge in [0.05, 0.1) is 25.1 Å². The average Bonchev–Trinajstić information content (AvgIpc) is 2.67. The smallest absolute Gasteiger partial charge is 0.262 e. The van der Waals surface area contributed by atoms with Crippen LogP contribution in [-0.4, -0.2) is 47.8 Å². The minimum Gasteiger partial charge on any atom is -0.493 e. The molecule has 0 radical (unpaired) electrons. The predicted molar refractivity (Wildman–Crippen MR) is 106 cm³/mol. The lowest BCUT2D eigenvalue weighted by Gasteiger charge is -2.35. The number of rotatable bonds is 6. The molecule has 3 rings (SSSR count). The zero-order chi connectivity index (χ0) is 18.7. The minimum absolute atomic E-state index is 0.0882. The lowest BCUT2D eigenvalue weighted by molar-refractivity contribution is 0.138. The number of likely N-dealkylation sites (tertiary alicyclic amines) is 1. The Kier molecular flexibility index (Phi) is 5.98. The molecule has 0 bridgehead atoms. The van der Waals surface area contributed by atoms with Crippen LogP contribution in [0.15, 0.2) is 16.9 Å². The number of nitrogens with zero attached hydrogens (tertiary/aromatic N) is 2. The zero-order valence-electron chi connectivity index (χ0n) is 15.7. The lowest BCUT2D eigenvalue weighted by Crippen LogP contribution is -2.42. The Labute approximate surface area is 158 Å². The second-order valence-electron chi connectivity index (χ2n) is 6.73. The summed E-state index contributed by atoms with van der Waals surface area (Å²) >= 11 is 5.45. The second kappa shape index (κ2) is 8.22. The van der Waals surface area contributed by atoms with E-state index in [1.807, 2.05) is 0 Å². The first-order valence-corrected chi connectivity index (χ1v) is 9.62. The van der Waals surface area contributed by atoms with Crippen molar-refractivity contribution in [1.29, 1.82) is 0 Å². The molecule has 0 spiro atoms. The van der Waals surface area contributed by atoms with Crippen LogP contribution in [0, 0.1) is 4.77 Å². The third kappa shape index (κ3) is 3.64. The average molecular weight is 378 g/mol. The number of aromatic amines is 1. The molecule has 1 aromatic heterocycles. The zero-order valence-corrected chi connectivity index (χ0v) is 16.5. The molecular weight excluding hydrogens is 350 g/mol. The van der Waals surface area contributed by atoms with E-state index < -0.39 is 0 Å². The quantitative estimate of drug-likeness (QED) is 0.783. The summed E-state index contributed by atoms with van der Waals surface area (Å²) in [5.74, 6) is 1.11. The van der Waals surface area contributed by atoms with Crippen molar-refractivity contribution in [2.24, 2.45) is 0 Å². The van der Waals surface area contributed by atoms with Crippen molar-refractivity contribution in [3.05, 3.63) is 27.3 Å². The van der Waals surface area contributed by atoms with Gasteiger partial charge in [-0.1, -0.05) is 13.3 Å². The minimum atomic E-state index is -0.0882. The Bertz CT molecular complexity index is 890. The van der Waals surface area contributed by atoms with Crippen molar-refractivity contribution >= 4 is 23.1 Å². The van der Waals surface area contributed by atoms with Crippen molar-refractivity contribution in [3.8, 4) is 11.5 Å². The van der Waals surface area contributed by atoms with E-state index in [1.54, 1.807) is 30.9 Å². The van der Waals surface area contributed by atoms with E-state index in [4.69, 9.17) is 21.7 Å². The Balaban J connectivity index is 1.93. The molecule has 1 atom stereocenters. The molecule has 2 heterocycles. The highest BCUT2D eigenvalue weighted by molar-refractivity contribution is 7.71. The molecule has 26 heavy (non-hydrogen) atoms. The summed E-state index contributed by atoms with van der Waals surface area (Å²) in [6, 6.07) is 4.09. The van der Waals surface area contributed by atoms with E-state index in [1.165, 1.54) is 19.3 Å². The Morgan fingerprint density at radius 2 is 1.92 bits per heavy atom. The van der Waals surface area contributed by atoms with Gasteiger partial charge in [0, 0.05) is 25.2 Å². The summed E-state index contributed by atoms with van der Waals surface area (Å²) in [5.41, 5.74) is 0.577. The van der Waals surface area contributed by atoms with Gasteiger partial charge in [-0.25, -0.2) is 0 Å². The van der Waals surface area contributed by atoms with Crippen molar-refractivity contribution in [2.45, 2.75) is 45.2 Å². The molecule has 1 aliphatic heterocycles. The monoisotopic (exact) mass is 377 g/mol. The Hall–Kier alpha value is -1.86. The molecule has 1 aromatic carbocycles. The fourth-order valence-corrected chi connectivity index (χ4v) is 4.11. The third-order valence-electron chi connectivity index (χ3n) is 5.32. The highest BCUT2D eigenvalue weighted by Crippen LogP contribution is 2.30. The predicted octanol–water partition coefficient (Wildman–Crippen LogP) is 3.34. The van der Waals surface area contributed by atoms with Gasteiger partial charge in [-0.2, -0.15) is 0 Å². The van der Waals surface area contributed by atoms with Crippen LogP contribution in [0.4, 0.5) is 0 Å². The van der Waals surface area contributed by atoms with Gasteiger partial charge in [-0.3, -0.25) is 14.3 Å². The molecule has 0 amide bonds. The summed E-state index contributed by atoms with van der Waals surface area (Å²) in [4.78, 5) is 18.7. The van der Waals surface area contributed by atoms with E-state index in [9.17, 15) is 4.79 Å². The molecule has 2 aromatic rings. The van der Waals surface area contributed by atoms with Crippen molar-refractivity contribution in [2.75, 3.05) is 27.3 Å². The molecule has 142 valence electrons. The topological polar surface area (TPSA) is 59.5 Å². The van der Waals surface area contributed by atoms with Crippen molar-refractivity contribution in [1.82, 2.24) is 14.5 Å². The van der Waals surface area contributed by atoms with Crippen LogP contribution >= 0.6 is 12.2 Å². The molecule has 1 N–H and O–H groups in total. The van der Waals surface area contributed by atoms with Gasteiger partial charge in [0.1, 0.15) is 0 Å². The highest BCUT2D eigenvalue weighted by atomic mass is 32.1. The standard InChI is InChI=1S/C19H27N3O3S/c1-4-13-7-5-6-8-21(13)9-10-22-18(23)14-11-16(24-2)17(25-3)12-15(14)20-19(22)26/h11-13H,4-10H2,1-3H3,(H,20,26)/t13-/m1/s1. The molecule has 6 nitrogen and oxygen atoms in total. The first-order chi connectivity index (χ1) is 12.6. The highest BCUT2D eigenvalue weighted by Gasteiger charge is 2.21. The summed E-state index contributed by atoms with van der Waals surface area (Å²) < 4.78 is 12.7. The number of nitrogens with one attached hydrogen (secondary N) is 1. The summed E-state index contributed by atoms with van der Waals surface area (Å²) in [7, 11) is 3.14. The molecule has 7 heteroatoms. The molecule has 0 saturated carbocycles. The largest absolute Gasteiger partial charge is 0.493 e. The van der Waals surface area contributed by atoms with Gasteiger partial charge in [0.15, 0.2) is 16.3 Å². The number of hydrogen-bond acceptors (Lipinski definition) is 5. The van der Waals surface area contributed by atoms with E-state index in [2.05, 4.69) is 16.8 Å². The van der Waals surface area contributed by atoms with Gasteiger partial charge in [-0.15, -0.1) is 0 Å². The Morgan fingerprint density at radius 1 is 1.19 bits per heavy atom. The summed E-state index contributed by atoms with van der Waals surface area (Å²) in [5, 5.41) is 0.557. The molecule has 0 aliphatic carbocycles. The number of aromatic nitrogens is 2. The third-order valence-corrected chi connectivity index (χ3v) is 5.64. The summed E-state index contributed by atoms with van der Waals surface area (Å²) in [6.45, 7) is 4.77. The molecule has 0 unspecified atom stereocenters. The van der Waals surface area contributed by atoms with Crippen LogP contribution < -0.4 is 15.0 Å². The number of piperidine rings is 1. The number of methoxy groups -OCH3 is 2. The first-order valence-electron chi connectivity index (χ1n) is 9.22. The van der Waals surface area contributed by atoms with Crippen LogP contribution in [0.1, 0.15) is 32.6 Å². The SMILES string of the molecule is CC[C@@H]1CCCCN1CCn1c(=S)[nH]c2cc(OC)c(OC)cc2c1=O. The van der Waals surface area contributed by atoms with Crippen LogP contribution in [0.25, 0.3) is 10.9 Å². The number of hydrogen-bond donors (Lipinski definition) is 1. The fraction of sp³-hybridized carbons (Fsp3) is 0.579. The Morgan fingerprint density at radius 3 is 2.62 bits per heavy atom. The van der Waals surface area contributed by atoms with E-state index in [-0.39, 0.29) is 5.56 Å². The van der Waals surface area contributed by atoms with Crippen LogP contribution in [0.2, 0.25) is 0 Å². The van der Waals surface area contributed by atoms with Crippen molar-refractivity contribution in [3.63, 3.8) is 0 Å². The van der Waals surface area contributed by atoms with E-state index in [0.29, 0.717) is 39.8 Å². The second-order valence-corrected chi connectivity index (χ2v) is 7.12. The maximum absolute atomic E-state index is 13.0. The number of fused-ring (bicyclic) bond motifs is 1. The number of ether oxygens (including phenoxy) is 2. The number of H-pyrrole nitrogens is 1. The van der Waals surface area contributed by atoms with E-state index >= 15 is 0 Å². The lowest BCUT2D eigenvalue weighted by atomic mass is 10.0. The van der Waals surface area contributed by atoms with Crippen LogP contribution in [-0.2, 0) is 6.54 Å². The van der Waals surface area contributed by atoms with E-state index in [0.717, 1.165) is 19.5 Å². The molecule has 1 fully saturated rings. The normalized spacial score (nSPS) is 18.2. The maximum atomic E-state index is 13.0. The molecule has 1 saturated heterocycles. The maximum Gasteiger partial charge on any atom is 0.262 e. The van der Waals surface area contributed by atoms with Crippen LogP contribution in [0.3, 0.4) is 0 Å². The molecular formula is C19H27N3O3S. The first kappa shape index (κ1) is 18.9.